The molecular weight excluding hydrogens is 584 g/mol. The van der Waals surface area contributed by atoms with E-state index in [1.54, 1.807) is 26.3 Å². The molecule has 1 aromatic heterocycles. The van der Waals surface area contributed by atoms with Crippen LogP contribution in [0.5, 0.6) is 0 Å². The zero-order chi connectivity index (χ0) is 28.3. The van der Waals surface area contributed by atoms with Gasteiger partial charge in [-0.3, -0.25) is 4.81 Å². The fourth-order valence-electron chi connectivity index (χ4n) is 4.01. The first-order valence-electron chi connectivity index (χ1n) is 12.6. The number of hydrogen-bond donors (Lipinski definition) is 1. The SMILES string of the molecule is BC(C(OB(OC(C)CC#C)N(C(C)C)C(C)C)C(COB(C)I)OC)n1ccc(NC(=C)C)nc1=O. The molecule has 4 atom stereocenters. The number of halogens is 1. The van der Waals surface area contributed by atoms with Crippen molar-refractivity contribution in [2.24, 2.45) is 0 Å². The van der Waals surface area contributed by atoms with Crippen molar-refractivity contribution in [3.63, 3.8) is 0 Å². The summed E-state index contributed by atoms with van der Waals surface area (Å²) in [6.45, 7) is 18.1. The van der Waals surface area contributed by atoms with Crippen LogP contribution in [0.15, 0.2) is 29.3 Å². The smallest absolute Gasteiger partial charge is 0.423 e. The fraction of sp³-hybridized carbons (Fsp3) is 0.667. The van der Waals surface area contributed by atoms with Crippen LogP contribution in [0.4, 0.5) is 5.82 Å². The van der Waals surface area contributed by atoms with E-state index in [9.17, 15) is 4.79 Å². The molecule has 0 radical (unpaired) electrons. The Morgan fingerprint density at radius 2 is 1.95 bits per heavy atom. The van der Waals surface area contributed by atoms with Crippen molar-refractivity contribution >= 4 is 48.1 Å². The Balaban J connectivity index is 3.51. The highest BCUT2D eigenvalue weighted by molar-refractivity contribution is 14.1. The summed E-state index contributed by atoms with van der Waals surface area (Å²) in [6.07, 6.45) is 6.31. The maximum absolute atomic E-state index is 13.0. The van der Waals surface area contributed by atoms with Gasteiger partial charge in [-0.05, 0) is 38.8 Å². The van der Waals surface area contributed by atoms with Crippen LogP contribution in [0.25, 0.3) is 0 Å². The monoisotopic (exact) mass is 626 g/mol. The van der Waals surface area contributed by atoms with Crippen LogP contribution in [0.2, 0.25) is 6.82 Å². The highest BCUT2D eigenvalue weighted by Crippen LogP contribution is 2.23. The van der Waals surface area contributed by atoms with Gasteiger partial charge in [0, 0.05) is 31.4 Å². The summed E-state index contributed by atoms with van der Waals surface area (Å²) in [6, 6.07) is 1.96. The van der Waals surface area contributed by atoms with Gasteiger partial charge in [0.05, 0.1) is 18.8 Å². The van der Waals surface area contributed by atoms with Crippen LogP contribution in [0, 0.1) is 12.3 Å². The van der Waals surface area contributed by atoms with E-state index in [1.165, 1.54) is 4.57 Å². The summed E-state index contributed by atoms with van der Waals surface area (Å²) in [5.41, 5.74) is 0.264. The fourth-order valence-corrected chi connectivity index (χ4v) is 4.22. The average Bonchev–Trinajstić information content (AvgIpc) is 2.77. The van der Waals surface area contributed by atoms with Gasteiger partial charge >= 0.3 is 17.7 Å². The largest absolute Gasteiger partial charge is 0.558 e. The summed E-state index contributed by atoms with van der Waals surface area (Å²) in [5.74, 6) is 2.62. The molecule has 0 amide bonds. The lowest BCUT2D eigenvalue weighted by molar-refractivity contribution is -0.0567. The number of rotatable bonds is 17. The third-order valence-corrected chi connectivity index (χ3v) is 6.07. The van der Waals surface area contributed by atoms with Gasteiger partial charge in [-0.1, -0.05) is 34.3 Å². The molecular formula is C24H42B3IN4O5. The first kappa shape index (κ1) is 33.7. The molecule has 4 unspecified atom stereocenters. The Bertz CT molecular complexity index is 936. The van der Waals surface area contributed by atoms with E-state index in [2.05, 4.69) is 77.7 Å². The number of aromatic nitrogens is 2. The number of hydrogen-bond acceptors (Lipinski definition) is 8. The normalized spacial score (nSPS) is 14.8. The molecule has 1 N–H and O–H groups in total. The third-order valence-electron chi connectivity index (χ3n) is 5.71. The first-order valence-corrected chi connectivity index (χ1v) is 13.9. The molecule has 0 bridgehead atoms. The lowest BCUT2D eigenvalue weighted by Crippen LogP contribution is -2.57. The van der Waals surface area contributed by atoms with Crippen molar-refractivity contribution in [1.82, 2.24) is 14.4 Å². The Morgan fingerprint density at radius 3 is 2.41 bits per heavy atom. The molecule has 1 aromatic rings. The molecule has 1 rings (SSSR count). The van der Waals surface area contributed by atoms with Gasteiger partial charge in [-0.2, -0.15) is 4.98 Å². The second kappa shape index (κ2) is 16.6. The number of nitrogens with zero attached hydrogens (tertiary/aromatic N) is 3. The summed E-state index contributed by atoms with van der Waals surface area (Å²) in [5, 5.41) is 2.97. The van der Waals surface area contributed by atoms with Gasteiger partial charge in [-0.25, -0.2) is 4.79 Å². The second-order valence-corrected chi connectivity index (χ2v) is 11.5. The average molecular weight is 626 g/mol. The van der Waals surface area contributed by atoms with E-state index < -0.39 is 31.1 Å². The van der Waals surface area contributed by atoms with Gasteiger partial charge in [0.15, 0.2) is 0 Å². The van der Waals surface area contributed by atoms with Crippen molar-refractivity contribution < 1.29 is 18.7 Å². The van der Waals surface area contributed by atoms with Crippen LogP contribution in [-0.2, 0) is 18.7 Å². The van der Waals surface area contributed by atoms with Crippen LogP contribution in [-0.4, -0.2) is 78.3 Å². The predicted molar refractivity (Wildman–Crippen MR) is 164 cm³/mol. The molecule has 13 heteroatoms. The molecule has 0 aromatic carbocycles. The summed E-state index contributed by atoms with van der Waals surface area (Å²) in [7, 11) is 2.77. The quantitative estimate of drug-likeness (QED) is 0.161. The van der Waals surface area contributed by atoms with Crippen LogP contribution in [0.1, 0.15) is 53.9 Å². The molecule has 0 aliphatic carbocycles. The number of nitrogens with one attached hydrogen (secondary N) is 1. The summed E-state index contributed by atoms with van der Waals surface area (Å²) >= 11 is 2.19. The summed E-state index contributed by atoms with van der Waals surface area (Å²) < 4.78 is 26.3. The topological polar surface area (TPSA) is 87.1 Å². The highest BCUT2D eigenvalue weighted by atomic mass is 127. The predicted octanol–water partition coefficient (Wildman–Crippen LogP) is 2.82. The zero-order valence-electron chi connectivity index (χ0n) is 23.7. The third kappa shape index (κ3) is 11.1. The lowest BCUT2D eigenvalue weighted by atomic mass is 9.85. The maximum atomic E-state index is 13.0. The van der Waals surface area contributed by atoms with E-state index in [0.29, 0.717) is 17.9 Å². The number of terminal acetylenes is 1. The highest BCUT2D eigenvalue weighted by Gasteiger charge is 2.41. The van der Waals surface area contributed by atoms with Crippen molar-refractivity contribution in [1.29, 1.82) is 0 Å². The molecule has 0 aliphatic heterocycles. The Labute approximate surface area is 238 Å². The molecule has 1 heterocycles. The second-order valence-electron chi connectivity index (χ2n) is 9.70. The molecule has 204 valence electrons. The van der Waals surface area contributed by atoms with Crippen molar-refractivity contribution in [2.75, 3.05) is 19.0 Å². The van der Waals surface area contributed by atoms with Gasteiger partial charge in [0.1, 0.15) is 19.8 Å². The molecule has 0 aliphatic rings. The minimum absolute atomic E-state index is 0.0337. The van der Waals surface area contributed by atoms with Gasteiger partial charge in [-0.15, -0.1) is 34.7 Å². The molecule has 0 spiro atoms. The van der Waals surface area contributed by atoms with Gasteiger partial charge in [0.25, 0.3) is 0 Å². The van der Waals surface area contributed by atoms with E-state index in [4.69, 9.17) is 25.1 Å². The van der Waals surface area contributed by atoms with E-state index in [0.717, 1.165) is 0 Å². The summed E-state index contributed by atoms with van der Waals surface area (Å²) in [4.78, 5) is 19.3. The zero-order valence-corrected chi connectivity index (χ0v) is 25.9. The Morgan fingerprint density at radius 1 is 1.32 bits per heavy atom. The number of anilines is 1. The minimum Gasteiger partial charge on any atom is -0.423 e. The molecule has 0 saturated heterocycles. The Kier molecular flexibility index (Phi) is 15.2. The van der Waals surface area contributed by atoms with E-state index >= 15 is 0 Å². The molecule has 0 saturated carbocycles. The number of ether oxygens (including phenoxy) is 1. The van der Waals surface area contributed by atoms with Crippen LogP contribution in [0.3, 0.4) is 0 Å². The number of methoxy groups -OCH3 is 1. The van der Waals surface area contributed by atoms with Gasteiger partial charge < -0.3 is 28.6 Å². The molecule has 9 nitrogen and oxygen atoms in total. The van der Waals surface area contributed by atoms with Crippen LogP contribution < -0.4 is 11.0 Å². The van der Waals surface area contributed by atoms with E-state index in [1.807, 2.05) is 21.6 Å². The van der Waals surface area contributed by atoms with Crippen molar-refractivity contribution in [2.45, 2.75) is 91.1 Å². The minimum atomic E-state index is -0.738. The Hall–Kier alpha value is -1.30. The van der Waals surface area contributed by atoms with E-state index in [-0.39, 0.29) is 29.6 Å². The first-order chi connectivity index (χ1) is 17.3. The van der Waals surface area contributed by atoms with Crippen molar-refractivity contribution in [3.8, 4) is 12.3 Å². The molecule has 37 heavy (non-hydrogen) atoms. The lowest BCUT2D eigenvalue weighted by Gasteiger charge is -2.40. The van der Waals surface area contributed by atoms with Crippen LogP contribution >= 0.6 is 22.4 Å². The van der Waals surface area contributed by atoms with Gasteiger partial charge in [0.2, 0.25) is 0 Å². The standard InChI is InChI=1S/C24H42B3IN4O5/c1-11-12-19(8)36-27(32(17(4)5)18(6)7)37-22(20(34-10)15-35-26(9)28)23(25)31-14-13-21(29-16(2)3)30-24(31)33/h1,13-14,17-20,22-23H,2,12,15,25H2,3-10H3,(H,29,30,33). The molecule has 0 fully saturated rings. The maximum Gasteiger partial charge on any atom is 0.558 e. The van der Waals surface area contributed by atoms with Crippen molar-refractivity contribution in [3.05, 3.63) is 35.0 Å². The number of allylic oxidation sites excluding steroid dienone is 1.